The van der Waals surface area contributed by atoms with Gasteiger partial charge in [0.1, 0.15) is 0 Å². The van der Waals surface area contributed by atoms with Crippen LogP contribution in [0.1, 0.15) is 22.4 Å². The molecule has 4 N–H and O–H groups in total. The first kappa shape index (κ1) is 19.9. The van der Waals surface area contributed by atoms with Crippen LogP contribution in [0.15, 0.2) is 48.4 Å². The van der Waals surface area contributed by atoms with Crippen molar-refractivity contribution in [3.8, 4) is 11.1 Å². The fourth-order valence-corrected chi connectivity index (χ4v) is 3.80. The summed E-state index contributed by atoms with van der Waals surface area (Å²) in [6, 6.07) is 11.6. The number of benzene rings is 2. The number of nitrogens with two attached hydrogens (primary N) is 1. The zero-order chi connectivity index (χ0) is 20.5. The lowest BCUT2D eigenvalue weighted by atomic mass is 9.94. The average molecular weight is 398 g/mol. The van der Waals surface area contributed by atoms with E-state index in [0.717, 1.165) is 49.8 Å². The summed E-state index contributed by atoms with van der Waals surface area (Å²) >= 11 is 0. The first-order valence-corrected chi connectivity index (χ1v) is 10.4. The molecule has 0 aliphatic heterocycles. The molecule has 0 spiro atoms. The highest BCUT2D eigenvalue weighted by Crippen LogP contribution is 2.35. The van der Waals surface area contributed by atoms with Gasteiger partial charge in [0.15, 0.2) is 0 Å². The number of amides is 1. The number of sulfonamides is 1. The van der Waals surface area contributed by atoms with Crippen molar-refractivity contribution in [2.24, 2.45) is 5.73 Å². The topological polar surface area (TPSA) is 105 Å². The van der Waals surface area contributed by atoms with Crippen LogP contribution in [0.3, 0.4) is 0 Å². The Balaban J connectivity index is 2.08. The zero-order valence-corrected chi connectivity index (χ0v) is 16.7. The number of rotatable bonds is 7. The number of hydrogen-bond donors (Lipinski definition) is 3. The van der Waals surface area contributed by atoms with Crippen molar-refractivity contribution in [3.05, 3.63) is 70.8 Å². The molecule has 0 aliphatic rings. The van der Waals surface area contributed by atoms with Crippen LogP contribution in [0.4, 0.5) is 0 Å². The molecule has 1 heterocycles. The molecule has 0 saturated heterocycles. The van der Waals surface area contributed by atoms with Gasteiger partial charge in [0.2, 0.25) is 15.9 Å². The minimum absolute atomic E-state index is 0.166. The smallest absolute Gasteiger partial charge is 0.233 e. The number of carbonyl (C=O) groups is 1. The van der Waals surface area contributed by atoms with Crippen LogP contribution < -0.4 is 10.5 Å². The number of hydrogen-bond acceptors (Lipinski definition) is 3. The van der Waals surface area contributed by atoms with Crippen molar-refractivity contribution in [1.29, 1.82) is 0 Å². The third-order valence-corrected chi connectivity index (χ3v) is 5.83. The minimum atomic E-state index is -3.49. The summed E-state index contributed by atoms with van der Waals surface area (Å²) < 4.78 is 25.7. The highest BCUT2D eigenvalue weighted by Gasteiger charge is 2.15. The van der Waals surface area contributed by atoms with E-state index in [1.807, 2.05) is 50.2 Å². The molecule has 28 heavy (non-hydrogen) atoms. The molecule has 3 aromatic rings. The molecule has 0 bridgehead atoms. The van der Waals surface area contributed by atoms with Crippen molar-refractivity contribution < 1.29 is 13.2 Å². The van der Waals surface area contributed by atoms with Gasteiger partial charge in [-0.2, -0.15) is 0 Å². The SMILES string of the molecule is C=CS(=O)(=O)NCc1cccc(-c2ccc(CC(N)=O)c3[nH]c(C)c(C)c23)c1. The Morgan fingerprint density at radius 3 is 2.68 bits per heavy atom. The number of fused-ring (bicyclic) bond motifs is 1. The van der Waals surface area contributed by atoms with Crippen molar-refractivity contribution in [1.82, 2.24) is 9.71 Å². The van der Waals surface area contributed by atoms with Gasteiger partial charge in [-0.1, -0.05) is 36.9 Å². The molecule has 1 aromatic heterocycles. The van der Waals surface area contributed by atoms with Crippen molar-refractivity contribution in [3.63, 3.8) is 0 Å². The van der Waals surface area contributed by atoms with Crippen LogP contribution in [0.5, 0.6) is 0 Å². The molecule has 1 amide bonds. The quantitative estimate of drug-likeness (QED) is 0.570. The van der Waals surface area contributed by atoms with Gasteiger partial charge < -0.3 is 10.7 Å². The fraction of sp³-hybridized carbons (Fsp3) is 0.190. The molecule has 2 aromatic carbocycles. The Morgan fingerprint density at radius 2 is 2.00 bits per heavy atom. The highest BCUT2D eigenvalue weighted by atomic mass is 32.2. The summed E-state index contributed by atoms with van der Waals surface area (Å²) in [5.41, 5.74) is 12.1. The van der Waals surface area contributed by atoms with Crippen LogP contribution in [-0.4, -0.2) is 19.3 Å². The Morgan fingerprint density at radius 1 is 1.25 bits per heavy atom. The number of aromatic amines is 1. The molecule has 3 rings (SSSR count). The minimum Gasteiger partial charge on any atom is -0.369 e. The predicted octanol–water partition coefficient (Wildman–Crippen LogP) is 3.04. The van der Waals surface area contributed by atoms with Crippen molar-refractivity contribution >= 4 is 26.8 Å². The normalized spacial score (nSPS) is 11.6. The number of primary amides is 1. The van der Waals surface area contributed by atoms with E-state index in [4.69, 9.17) is 5.73 Å². The molecule has 0 fully saturated rings. The van der Waals surface area contributed by atoms with E-state index in [9.17, 15) is 13.2 Å². The van der Waals surface area contributed by atoms with Crippen LogP contribution >= 0.6 is 0 Å². The molecule has 7 heteroatoms. The van der Waals surface area contributed by atoms with Crippen LogP contribution in [0, 0.1) is 13.8 Å². The third-order valence-electron chi connectivity index (χ3n) is 4.84. The molecule has 146 valence electrons. The van der Waals surface area contributed by atoms with Crippen LogP contribution in [0.25, 0.3) is 22.0 Å². The Labute approximate surface area is 164 Å². The van der Waals surface area contributed by atoms with Gasteiger partial charge >= 0.3 is 0 Å². The summed E-state index contributed by atoms with van der Waals surface area (Å²) in [5.74, 6) is -0.379. The zero-order valence-electron chi connectivity index (χ0n) is 15.9. The number of H-pyrrole nitrogens is 1. The summed E-state index contributed by atoms with van der Waals surface area (Å²) in [4.78, 5) is 14.8. The first-order valence-electron chi connectivity index (χ1n) is 8.82. The fourth-order valence-electron chi connectivity index (χ4n) is 3.31. The monoisotopic (exact) mass is 397 g/mol. The van der Waals surface area contributed by atoms with Crippen LogP contribution in [-0.2, 0) is 27.8 Å². The maximum Gasteiger partial charge on any atom is 0.233 e. The molecular weight excluding hydrogens is 374 g/mol. The molecule has 0 aliphatic carbocycles. The molecular formula is C21H23N3O3S. The Hall–Kier alpha value is -2.90. The number of nitrogens with one attached hydrogen (secondary N) is 2. The summed E-state index contributed by atoms with van der Waals surface area (Å²) in [5, 5.41) is 1.93. The third kappa shape index (κ3) is 4.00. The molecule has 0 unspecified atom stereocenters. The maximum atomic E-state index is 11.6. The molecule has 0 atom stereocenters. The number of aryl methyl sites for hydroxylation is 2. The van der Waals surface area contributed by atoms with E-state index < -0.39 is 10.0 Å². The van der Waals surface area contributed by atoms with E-state index >= 15 is 0 Å². The van der Waals surface area contributed by atoms with E-state index in [1.165, 1.54) is 0 Å². The van der Waals surface area contributed by atoms with E-state index in [1.54, 1.807) is 0 Å². The average Bonchev–Trinajstić information content (AvgIpc) is 2.96. The lowest BCUT2D eigenvalue weighted by Gasteiger charge is -2.11. The van der Waals surface area contributed by atoms with Crippen molar-refractivity contribution in [2.45, 2.75) is 26.8 Å². The summed E-state index contributed by atoms with van der Waals surface area (Å²) in [6.07, 6.45) is 0.166. The lowest BCUT2D eigenvalue weighted by Crippen LogP contribution is -2.20. The predicted molar refractivity (Wildman–Crippen MR) is 112 cm³/mol. The second-order valence-corrected chi connectivity index (χ2v) is 8.49. The van der Waals surface area contributed by atoms with Gasteiger partial charge in [-0.05, 0) is 47.7 Å². The van der Waals surface area contributed by atoms with E-state index in [0.29, 0.717) is 0 Å². The number of aromatic nitrogens is 1. The summed E-state index contributed by atoms with van der Waals surface area (Å²) in [7, 11) is -3.49. The molecule has 6 nitrogen and oxygen atoms in total. The van der Waals surface area contributed by atoms with Crippen molar-refractivity contribution in [2.75, 3.05) is 0 Å². The summed E-state index contributed by atoms with van der Waals surface area (Å²) in [6.45, 7) is 7.50. The lowest BCUT2D eigenvalue weighted by molar-refractivity contribution is -0.117. The molecule has 0 radical (unpaired) electrons. The van der Waals surface area contributed by atoms with E-state index in [2.05, 4.69) is 16.3 Å². The standard InChI is InChI=1S/C21H23N3O3S/c1-4-28(26,27)23-12-15-6-5-7-16(10-15)18-9-8-17(11-19(22)25)21-20(18)13(2)14(3)24-21/h4-10,23-24H,1,11-12H2,2-3H3,(H2,22,25). The van der Waals surface area contributed by atoms with Gasteiger partial charge in [-0.25, -0.2) is 13.1 Å². The van der Waals surface area contributed by atoms with Gasteiger partial charge in [0, 0.05) is 23.0 Å². The van der Waals surface area contributed by atoms with Gasteiger partial charge in [-0.3, -0.25) is 4.79 Å². The Kier molecular flexibility index (Phi) is 5.40. The highest BCUT2D eigenvalue weighted by molar-refractivity contribution is 7.92. The van der Waals surface area contributed by atoms with Gasteiger partial charge in [0.25, 0.3) is 0 Å². The number of carbonyl (C=O) groups excluding carboxylic acids is 1. The van der Waals surface area contributed by atoms with Gasteiger partial charge in [-0.15, -0.1) is 0 Å². The van der Waals surface area contributed by atoms with Crippen LogP contribution in [0.2, 0.25) is 0 Å². The Bertz CT molecular complexity index is 1180. The largest absolute Gasteiger partial charge is 0.369 e. The van der Waals surface area contributed by atoms with Gasteiger partial charge in [0.05, 0.1) is 11.9 Å². The first-order chi connectivity index (χ1) is 13.2. The molecule has 0 saturated carbocycles. The van der Waals surface area contributed by atoms with E-state index in [-0.39, 0.29) is 18.9 Å². The second kappa shape index (κ2) is 7.61. The maximum absolute atomic E-state index is 11.6. The second-order valence-electron chi connectivity index (χ2n) is 6.77.